The molecule has 7 nitrogen and oxygen atoms in total. The molecule has 1 aliphatic carbocycles. The van der Waals surface area contributed by atoms with Gasteiger partial charge in [-0.15, -0.1) is 0 Å². The van der Waals surface area contributed by atoms with Crippen molar-refractivity contribution in [2.24, 2.45) is 5.92 Å². The number of rotatable bonds is 4. The van der Waals surface area contributed by atoms with Gasteiger partial charge in [0.25, 0.3) is 5.91 Å². The molecule has 0 aromatic carbocycles. The number of halogens is 1. The van der Waals surface area contributed by atoms with Gasteiger partial charge in [0.15, 0.2) is 0 Å². The van der Waals surface area contributed by atoms with Gasteiger partial charge in [0.05, 0.1) is 23.3 Å². The molecule has 2 fully saturated rings. The number of nitrogens with zero attached hydrogens (tertiary/aromatic N) is 2. The molecular weight excluding hydrogens is 385 g/mol. The molecule has 1 N–H and O–H groups in total. The van der Waals surface area contributed by atoms with Crippen LogP contribution in [0.25, 0.3) is 0 Å². The summed E-state index contributed by atoms with van der Waals surface area (Å²) >= 11 is 0. The molecule has 1 aliphatic heterocycles. The van der Waals surface area contributed by atoms with Crippen molar-refractivity contribution in [1.82, 2.24) is 15.2 Å². The average molecular weight is 411 g/mol. The van der Waals surface area contributed by atoms with Crippen molar-refractivity contribution in [1.29, 1.82) is 0 Å². The zero-order valence-corrected chi connectivity index (χ0v) is 16.8. The zero-order chi connectivity index (χ0) is 20.3. The summed E-state index contributed by atoms with van der Waals surface area (Å²) in [6.07, 6.45) is 6.06. The van der Waals surface area contributed by atoms with Crippen LogP contribution in [0.3, 0.4) is 0 Å². The smallest absolute Gasteiger partial charge is 0.253 e. The standard InChI is InChI=1S/C19H26FN3O4S/c1-23(17-6-8-28(26,27)9-7-17)19(25)13-2-4-16(5-3-13)22-18(24)14-10-15(20)12-21-11-14/h10-13,16-17H,2-9H2,1H3,(H,22,24). The molecule has 3 rings (SSSR count). The molecule has 154 valence electrons. The van der Waals surface area contributed by atoms with Crippen molar-refractivity contribution in [3.05, 3.63) is 29.8 Å². The predicted octanol–water partition coefficient (Wildman–Crippen LogP) is 1.54. The predicted molar refractivity (Wildman–Crippen MR) is 102 cm³/mol. The Balaban J connectivity index is 1.48. The van der Waals surface area contributed by atoms with Crippen LogP contribution in [0.2, 0.25) is 0 Å². The van der Waals surface area contributed by atoms with E-state index < -0.39 is 15.7 Å². The van der Waals surface area contributed by atoms with E-state index in [0.29, 0.717) is 38.5 Å². The molecule has 0 atom stereocenters. The molecule has 0 unspecified atom stereocenters. The monoisotopic (exact) mass is 411 g/mol. The summed E-state index contributed by atoms with van der Waals surface area (Å²) in [5, 5.41) is 2.89. The van der Waals surface area contributed by atoms with E-state index >= 15 is 0 Å². The Hall–Kier alpha value is -2.03. The lowest BCUT2D eigenvalue weighted by Gasteiger charge is -2.36. The van der Waals surface area contributed by atoms with Crippen LogP contribution in [0.4, 0.5) is 4.39 Å². The Morgan fingerprint density at radius 3 is 2.36 bits per heavy atom. The summed E-state index contributed by atoms with van der Waals surface area (Å²) in [7, 11) is -1.19. The first-order chi connectivity index (χ1) is 13.2. The number of carbonyl (C=O) groups is 2. The molecule has 2 heterocycles. The first-order valence-electron chi connectivity index (χ1n) is 9.63. The summed E-state index contributed by atoms with van der Waals surface area (Å²) in [5.41, 5.74) is 0.185. The third-order valence-corrected chi connectivity index (χ3v) is 7.51. The highest BCUT2D eigenvalue weighted by Gasteiger charge is 2.33. The number of amides is 2. The van der Waals surface area contributed by atoms with Gasteiger partial charge in [0, 0.05) is 31.2 Å². The van der Waals surface area contributed by atoms with Gasteiger partial charge in [-0.25, -0.2) is 12.8 Å². The summed E-state index contributed by atoms with van der Waals surface area (Å²) in [6.45, 7) is 0. The van der Waals surface area contributed by atoms with Gasteiger partial charge in [0.1, 0.15) is 15.7 Å². The number of sulfone groups is 1. The molecular formula is C19H26FN3O4S. The normalized spacial score (nSPS) is 25.1. The van der Waals surface area contributed by atoms with Crippen LogP contribution in [0, 0.1) is 11.7 Å². The topological polar surface area (TPSA) is 96.4 Å². The van der Waals surface area contributed by atoms with Crippen molar-refractivity contribution in [2.75, 3.05) is 18.6 Å². The molecule has 1 saturated carbocycles. The number of nitrogens with one attached hydrogen (secondary N) is 1. The van der Waals surface area contributed by atoms with Crippen LogP contribution in [0.15, 0.2) is 18.5 Å². The maximum atomic E-state index is 13.2. The molecule has 9 heteroatoms. The van der Waals surface area contributed by atoms with Gasteiger partial charge < -0.3 is 10.2 Å². The van der Waals surface area contributed by atoms with E-state index in [1.807, 2.05) is 0 Å². The van der Waals surface area contributed by atoms with Crippen molar-refractivity contribution in [3.63, 3.8) is 0 Å². The minimum Gasteiger partial charge on any atom is -0.349 e. The lowest BCUT2D eigenvalue weighted by atomic mass is 9.84. The largest absolute Gasteiger partial charge is 0.349 e. The molecule has 2 amide bonds. The van der Waals surface area contributed by atoms with Gasteiger partial charge >= 0.3 is 0 Å². The SMILES string of the molecule is CN(C(=O)C1CCC(NC(=O)c2cncc(F)c2)CC1)C1CCS(=O)(=O)CC1. The molecule has 1 aromatic rings. The second-order valence-electron chi connectivity index (χ2n) is 7.75. The minimum absolute atomic E-state index is 0.0195. The third kappa shape index (κ3) is 5.06. The molecule has 28 heavy (non-hydrogen) atoms. The minimum atomic E-state index is -2.95. The Kier molecular flexibility index (Phi) is 6.32. The average Bonchev–Trinajstić information content (AvgIpc) is 2.67. The number of hydrogen-bond acceptors (Lipinski definition) is 5. The van der Waals surface area contributed by atoms with Crippen LogP contribution in [0.5, 0.6) is 0 Å². The number of carbonyl (C=O) groups excluding carboxylic acids is 2. The number of pyridine rings is 1. The second kappa shape index (κ2) is 8.55. The Morgan fingerprint density at radius 2 is 1.75 bits per heavy atom. The van der Waals surface area contributed by atoms with E-state index in [0.717, 1.165) is 12.3 Å². The highest BCUT2D eigenvalue weighted by Crippen LogP contribution is 2.28. The summed E-state index contributed by atoms with van der Waals surface area (Å²) in [4.78, 5) is 30.4. The van der Waals surface area contributed by atoms with E-state index in [4.69, 9.17) is 0 Å². The Bertz CT molecular complexity index is 823. The van der Waals surface area contributed by atoms with Gasteiger partial charge in [-0.1, -0.05) is 0 Å². The lowest BCUT2D eigenvalue weighted by Crippen LogP contribution is -2.46. The molecule has 0 bridgehead atoms. The maximum Gasteiger partial charge on any atom is 0.253 e. The van der Waals surface area contributed by atoms with Gasteiger partial charge in [0.2, 0.25) is 5.91 Å². The molecule has 0 spiro atoms. The van der Waals surface area contributed by atoms with Crippen molar-refractivity contribution in [3.8, 4) is 0 Å². The van der Waals surface area contributed by atoms with Crippen LogP contribution in [-0.2, 0) is 14.6 Å². The first-order valence-corrected chi connectivity index (χ1v) is 11.5. The Labute approximate surface area is 164 Å². The zero-order valence-electron chi connectivity index (χ0n) is 15.9. The molecule has 1 saturated heterocycles. The summed E-state index contributed by atoms with van der Waals surface area (Å²) < 4.78 is 36.3. The van der Waals surface area contributed by atoms with E-state index in [2.05, 4.69) is 10.3 Å². The summed E-state index contributed by atoms with van der Waals surface area (Å²) in [5.74, 6) is -0.676. The van der Waals surface area contributed by atoms with E-state index in [1.165, 1.54) is 6.20 Å². The van der Waals surface area contributed by atoms with Crippen LogP contribution >= 0.6 is 0 Å². The van der Waals surface area contributed by atoms with Crippen molar-refractivity contribution < 1.29 is 22.4 Å². The Morgan fingerprint density at radius 1 is 1.11 bits per heavy atom. The molecule has 1 aromatic heterocycles. The van der Waals surface area contributed by atoms with Gasteiger partial charge in [-0.3, -0.25) is 14.6 Å². The highest BCUT2D eigenvalue weighted by atomic mass is 32.2. The fourth-order valence-electron chi connectivity index (χ4n) is 4.02. The highest BCUT2D eigenvalue weighted by molar-refractivity contribution is 7.91. The molecule has 2 aliphatic rings. The third-order valence-electron chi connectivity index (χ3n) is 5.80. The lowest BCUT2D eigenvalue weighted by molar-refractivity contribution is -0.137. The van der Waals surface area contributed by atoms with Crippen LogP contribution in [0.1, 0.15) is 48.9 Å². The quantitative estimate of drug-likeness (QED) is 0.811. The van der Waals surface area contributed by atoms with Gasteiger partial charge in [-0.05, 0) is 44.6 Å². The van der Waals surface area contributed by atoms with Gasteiger partial charge in [-0.2, -0.15) is 0 Å². The fraction of sp³-hybridized carbons (Fsp3) is 0.632. The van der Waals surface area contributed by atoms with E-state index in [-0.39, 0.29) is 46.9 Å². The van der Waals surface area contributed by atoms with Crippen molar-refractivity contribution >= 4 is 21.7 Å². The van der Waals surface area contributed by atoms with Crippen molar-refractivity contribution in [2.45, 2.75) is 50.6 Å². The number of hydrogen-bond donors (Lipinski definition) is 1. The van der Waals surface area contributed by atoms with Crippen LogP contribution < -0.4 is 5.32 Å². The van der Waals surface area contributed by atoms with Crippen LogP contribution in [-0.4, -0.2) is 60.8 Å². The van der Waals surface area contributed by atoms with E-state index in [9.17, 15) is 22.4 Å². The molecule has 0 radical (unpaired) electrons. The first kappa shape index (κ1) is 20.7. The second-order valence-corrected chi connectivity index (χ2v) is 10.0. The number of aromatic nitrogens is 1. The fourth-order valence-corrected chi connectivity index (χ4v) is 5.49. The summed E-state index contributed by atoms with van der Waals surface area (Å²) in [6, 6.07) is 1.08. The maximum absolute atomic E-state index is 13.2. The van der Waals surface area contributed by atoms with E-state index in [1.54, 1.807) is 11.9 Å².